The number of aliphatic hydroxyl groups excluding tert-OH is 1. The zero-order chi connectivity index (χ0) is 43.5. The first kappa shape index (κ1) is 49.1. The lowest BCUT2D eigenvalue weighted by Gasteiger charge is -2.49. The molecule has 2 unspecified atom stereocenters. The van der Waals surface area contributed by atoms with Gasteiger partial charge in [0.1, 0.15) is 23.1 Å². The van der Waals surface area contributed by atoms with Gasteiger partial charge in [0.15, 0.2) is 24.8 Å². The predicted octanol–water partition coefficient (Wildman–Crippen LogP) is 2.93. The lowest BCUT2D eigenvalue weighted by Crippen LogP contribution is -2.62. The van der Waals surface area contributed by atoms with Crippen LogP contribution in [0.5, 0.6) is 0 Å². The highest BCUT2D eigenvalue weighted by atomic mass is 16.7. The minimum absolute atomic E-state index is 0.0584. The summed E-state index contributed by atoms with van der Waals surface area (Å²) in [5.41, 5.74) is -4.97. The molecule has 0 spiro atoms. The molecule has 330 valence electrons. The summed E-state index contributed by atoms with van der Waals surface area (Å²) >= 11 is 0. The van der Waals surface area contributed by atoms with Gasteiger partial charge in [-0.3, -0.25) is 19.2 Å². The molecule has 0 aromatic heterocycles. The zero-order valence-electron chi connectivity index (χ0n) is 36.7. The molecular formula is C41H71NO15. The number of nitrogens with zero attached hydrogens (tertiary/aromatic N) is 1. The van der Waals surface area contributed by atoms with Crippen molar-refractivity contribution in [2.75, 3.05) is 21.2 Å². The average molecular weight is 818 g/mol. The van der Waals surface area contributed by atoms with E-state index in [-0.39, 0.29) is 31.4 Å². The van der Waals surface area contributed by atoms with E-state index in [1.54, 1.807) is 41.5 Å². The maximum absolute atomic E-state index is 14.3. The summed E-state index contributed by atoms with van der Waals surface area (Å²) in [6.07, 6.45) is -9.84. The highest BCUT2D eigenvalue weighted by Crippen LogP contribution is 2.41. The number of likely N-dealkylation sites (N-methyl/N-ethyl adjacent to an activating group) is 1. The number of Topliss-reactive ketones (excluding diaryl/α,β-unsaturated/α-hetero) is 1. The molecule has 3 aliphatic heterocycles. The molecule has 0 saturated carbocycles. The van der Waals surface area contributed by atoms with Gasteiger partial charge in [0.2, 0.25) is 0 Å². The van der Waals surface area contributed by atoms with Crippen LogP contribution in [-0.4, -0.2) is 149 Å². The van der Waals surface area contributed by atoms with Crippen LogP contribution in [-0.2, 0) is 57.1 Å². The molecule has 0 radical (unpaired) electrons. The molecule has 0 amide bonds. The van der Waals surface area contributed by atoms with Crippen molar-refractivity contribution < 1.29 is 72.4 Å². The molecule has 3 saturated heterocycles. The van der Waals surface area contributed by atoms with Gasteiger partial charge in [0.25, 0.3) is 0 Å². The van der Waals surface area contributed by atoms with Gasteiger partial charge in [0, 0.05) is 45.1 Å². The first-order valence-corrected chi connectivity index (χ1v) is 20.3. The van der Waals surface area contributed by atoms with Crippen molar-refractivity contribution in [2.45, 2.75) is 193 Å². The third-order valence-electron chi connectivity index (χ3n) is 12.3. The molecule has 16 heteroatoms. The van der Waals surface area contributed by atoms with Crippen molar-refractivity contribution in [2.24, 2.45) is 23.7 Å². The van der Waals surface area contributed by atoms with Crippen molar-refractivity contribution in [3.05, 3.63) is 0 Å². The van der Waals surface area contributed by atoms with Gasteiger partial charge < -0.3 is 58.1 Å². The number of hydrogen-bond donors (Lipinski definition) is 3. The van der Waals surface area contributed by atoms with Gasteiger partial charge >= 0.3 is 17.9 Å². The van der Waals surface area contributed by atoms with Crippen molar-refractivity contribution in [3.8, 4) is 0 Å². The molecule has 18 atom stereocenters. The number of methoxy groups -OCH3 is 1. The Balaban J connectivity index is 2.24. The second kappa shape index (κ2) is 19.4. The number of ether oxygens (including phenoxy) is 8. The molecule has 3 fully saturated rings. The molecular weight excluding hydrogens is 746 g/mol. The molecule has 3 heterocycles. The van der Waals surface area contributed by atoms with Crippen LogP contribution in [0.25, 0.3) is 0 Å². The Hall–Kier alpha value is -2.28. The molecule has 3 aliphatic rings. The molecule has 0 bridgehead atoms. The summed E-state index contributed by atoms with van der Waals surface area (Å²) in [7, 11) is 5.18. The van der Waals surface area contributed by atoms with Crippen LogP contribution >= 0.6 is 0 Å². The number of rotatable bonds is 9. The standard InChI is InChI=1S/C41H71NO15/c1-16-29-41(12,49)34(46)22(4)31(45)20(2)18-39(10,48)35(57-38-33(53-26(8)43)28(42(13)14)17-21(3)51-38)23(5)32(24(6)37(47)55-29)56-30-19-40(11,50-15)36(25(7)52-30)54-27(9)44/h20-25,28-30,32-36,38,46,48-49H,16-19H2,1-15H3/t20-,21-,22+,23+,24-,25+,28+,29?,30+,32?,33-,34-,35-,36+,38+,39-,40-,41-/m1/s1. The number of aliphatic hydroxyl groups is 3. The Morgan fingerprint density at radius 2 is 1.46 bits per heavy atom. The quantitative estimate of drug-likeness (QED) is 0.226. The predicted molar refractivity (Wildman–Crippen MR) is 205 cm³/mol. The minimum Gasteiger partial charge on any atom is -0.459 e. The molecule has 0 aromatic carbocycles. The highest BCUT2D eigenvalue weighted by molar-refractivity contribution is 5.83. The molecule has 3 N–H and O–H groups in total. The number of carbonyl (C=O) groups excluding carboxylic acids is 4. The first-order valence-electron chi connectivity index (χ1n) is 20.3. The van der Waals surface area contributed by atoms with Gasteiger partial charge in [-0.25, -0.2) is 0 Å². The third-order valence-corrected chi connectivity index (χ3v) is 12.3. The lowest BCUT2D eigenvalue weighted by molar-refractivity contribution is -0.319. The van der Waals surface area contributed by atoms with Gasteiger partial charge in [0.05, 0.1) is 48.1 Å². The van der Waals surface area contributed by atoms with Crippen LogP contribution in [0.2, 0.25) is 0 Å². The largest absolute Gasteiger partial charge is 0.459 e. The number of carbonyl (C=O) groups is 4. The van der Waals surface area contributed by atoms with E-state index in [4.69, 9.17) is 37.9 Å². The minimum atomic E-state index is -2.03. The monoisotopic (exact) mass is 817 g/mol. The van der Waals surface area contributed by atoms with Crippen molar-refractivity contribution >= 4 is 23.7 Å². The number of ketones is 1. The van der Waals surface area contributed by atoms with Gasteiger partial charge in [-0.1, -0.05) is 27.7 Å². The van der Waals surface area contributed by atoms with Crippen LogP contribution < -0.4 is 0 Å². The van der Waals surface area contributed by atoms with Gasteiger partial charge in [-0.15, -0.1) is 0 Å². The zero-order valence-corrected chi connectivity index (χ0v) is 36.7. The number of hydrogen-bond acceptors (Lipinski definition) is 16. The van der Waals surface area contributed by atoms with Crippen LogP contribution in [0.1, 0.15) is 109 Å². The van der Waals surface area contributed by atoms with Crippen molar-refractivity contribution in [1.82, 2.24) is 4.90 Å². The molecule has 0 aromatic rings. The summed E-state index contributed by atoms with van der Waals surface area (Å²) in [5, 5.41) is 35.7. The Morgan fingerprint density at radius 1 is 0.860 bits per heavy atom. The molecule has 3 rings (SSSR count). The van der Waals surface area contributed by atoms with E-state index in [2.05, 4.69) is 0 Å². The van der Waals surface area contributed by atoms with Gasteiger partial charge in [-0.05, 0) is 74.9 Å². The second-order valence-electron chi connectivity index (χ2n) is 17.6. The van der Waals surface area contributed by atoms with Crippen molar-refractivity contribution in [3.63, 3.8) is 0 Å². The topological polar surface area (TPSA) is 206 Å². The fraction of sp³-hybridized carbons (Fsp3) is 0.902. The Labute approximate surface area is 338 Å². The van der Waals surface area contributed by atoms with E-state index in [9.17, 15) is 34.5 Å². The summed E-state index contributed by atoms with van der Waals surface area (Å²) in [6, 6.07) is -0.335. The van der Waals surface area contributed by atoms with Crippen LogP contribution in [0, 0.1) is 23.7 Å². The molecule has 57 heavy (non-hydrogen) atoms. The van der Waals surface area contributed by atoms with Crippen LogP contribution in [0.4, 0.5) is 0 Å². The lowest BCUT2D eigenvalue weighted by atomic mass is 9.74. The van der Waals surface area contributed by atoms with E-state index in [0.29, 0.717) is 6.42 Å². The fourth-order valence-corrected chi connectivity index (χ4v) is 9.10. The molecule has 16 nitrogen and oxygen atoms in total. The normalized spacial score (nSPS) is 45.5. The van der Waals surface area contributed by atoms with E-state index in [1.807, 2.05) is 25.9 Å². The average Bonchev–Trinajstić information content (AvgIpc) is 3.11. The van der Waals surface area contributed by atoms with Crippen molar-refractivity contribution in [1.29, 1.82) is 0 Å². The summed E-state index contributed by atoms with van der Waals surface area (Å²) in [5.74, 6) is -6.32. The smallest absolute Gasteiger partial charge is 0.311 e. The maximum atomic E-state index is 14.3. The first-order chi connectivity index (χ1) is 26.2. The Bertz CT molecular complexity index is 1390. The number of cyclic esters (lactones) is 1. The Morgan fingerprint density at radius 3 is 1.98 bits per heavy atom. The number of esters is 3. The summed E-state index contributed by atoms with van der Waals surface area (Å²) in [4.78, 5) is 54.7. The Kier molecular flexibility index (Phi) is 16.7. The van der Waals surface area contributed by atoms with E-state index in [1.165, 1.54) is 41.7 Å². The third kappa shape index (κ3) is 11.3. The maximum Gasteiger partial charge on any atom is 0.311 e. The van der Waals surface area contributed by atoms with E-state index in [0.717, 1.165) is 0 Å². The summed E-state index contributed by atoms with van der Waals surface area (Å²) in [6.45, 7) is 18.9. The fourth-order valence-electron chi connectivity index (χ4n) is 9.10. The van der Waals surface area contributed by atoms with Crippen LogP contribution in [0.15, 0.2) is 0 Å². The highest BCUT2D eigenvalue weighted by Gasteiger charge is 2.54. The SMILES string of the molecule is CCC1OC(=O)[C@H](C)C(O[C@H]2C[C@@](C)(OC)[C@@H](OC(C)=O)[C@H](C)O2)[C@H](C)[C@@H](O[C@@H]2O[C@H](C)C[C@H](N(C)C)[C@H]2OC(C)=O)[C@](C)(O)C[C@@H](C)C(=O)[C@H](C)[C@@H](O)[C@]1(C)O. The second-order valence-corrected chi connectivity index (χ2v) is 17.6. The molecule has 0 aliphatic carbocycles. The van der Waals surface area contributed by atoms with E-state index >= 15 is 0 Å². The summed E-state index contributed by atoms with van der Waals surface area (Å²) < 4.78 is 49.4. The van der Waals surface area contributed by atoms with Gasteiger partial charge in [-0.2, -0.15) is 0 Å². The van der Waals surface area contributed by atoms with Crippen LogP contribution in [0.3, 0.4) is 0 Å². The van der Waals surface area contributed by atoms with E-state index < -0.39 is 119 Å².